The number of hydrogen-bond acceptors (Lipinski definition) is 4. The lowest BCUT2D eigenvalue weighted by Gasteiger charge is -2.21. The number of pyridine rings is 3. The molecule has 6 aromatic carbocycles. The second-order valence-electron chi connectivity index (χ2n) is 13.7. The van der Waals surface area contributed by atoms with E-state index in [0.29, 0.717) is 0 Å². The van der Waals surface area contributed by atoms with Crippen molar-refractivity contribution >= 4 is 33.6 Å². The van der Waals surface area contributed by atoms with E-state index in [0.717, 1.165) is 84.5 Å². The van der Waals surface area contributed by atoms with Crippen LogP contribution in [0.15, 0.2) is 182 Å². The molecule has 1 aliphatic rings. The Balaban J connectivity index is 1.21. The van der Waals surface area contributed by atoms with Crippen LogP contribution >= 0.6 is 0 Å². The molecule has 0 spiro atoms. The van der Waals surface area contributed by atoms with Gasteiger partial charge in [0.1, 0.15) is 0 Å². The van der Waals surface area contributed by atoms with Crippen LogP contribution in [0.25, 0.3) is 89.6 Å². The van der Waals surface area contributed by atoms with Crippen molar-refractivity contribution in [3.63, 3.8) is 0 Å². The molecule has 1 N–H and O–H groups in total. The number of fused-ring (bicyclic) bond motifs is 4. The van der Waals surface area contributed by atoms with Crippen molar-refractivity contribution in [3.05, 3.63) is 199 Å². The standard InChI is InChI=1S/C50H34N4/c1-3-11-33(12-4-1)34-18-22-38(23-19-34)47-31-44(48-29-39-15-7-8-16-40(39)32-52-48)42-27-26-41-43(35-20-24-37(25-21-35)45-17-9-10-28-51-45)30-46(36-13-5-2-6-14-36)53-49(41)50(42)54-47/h1-31,52H,32H2. The van der Waals surface area contributed by atoms with Crippen molar-refractivity contribution in [2.45, 2.75) is 6.54 Å². The Bertz CT molecular complexity index is 2830. The summed E-state index contributed by atoms with van der Waals surface area (Å²) in [5.74, 6) is 0. The summed E-state index contributed by atoms with van der Waals surface area (Å²) in [4.78, 5) is 15.5. The first-order valence-corrected chi connectivity index (χ1v) is 18.3. The van der Waals surface area contributed by atoms with Gasteiger partial charge in [0, 0.05) is 51.5 Å². The van der Waals surface area contributed by atoms with Crippen LogP contribution < -0.4 is 5.32 Å². The third-order valence-corrected chi connectivity index (χ3v) is 10.4. The van der Waals surface area contributed by atoms with E-state index in [2.05, 4.69) is 168 Å². The van der Waals surface area contributed by atoms with Crippen LogP contribution in [0.3, 0.4) is 0 Å². The zero-order valence-electron chi connectivity index (χ0n) is 29.4. The maximum Gasteiger partial charge on any atom is 0.0979 e. The summed E-state index contributed by atoms with van der Waals surface area (Å²) in [5, 5.41) is 5.85. The molecule has 0 bridgehead atoms. The number of hydrogen-bond donors (Lipinski definition) is 1. The Morgan fingerprint density at radius 1 is 0.407 bits per heavy atom. The zero-order chi connectivity index (χ0) is 35.8. The van der Waals surface area contributed by atoms with Gasteiger partial charge in [0.05, 0.1) is 28.1 Å². The first kappa shape index (κ1) is 31.6. The topological polar surface area (TPSA) is 50.7 Å². The van der Waals surface area contributed by atoms with Crippen molar-refractivity contribution in [2.75, 3.05) is 0 Å². The Hall–Kier alpha value is -7.17. The first-order valence-electron chi connectivity index (χ1n) is 18.3. The largest absolute Gasteiger partial charge is 0.380 e. The molecule has 0 atom stereocenters. The fourth-order valence-corrected chi connectivity index (χ4v) is 7.57. The predicted octanol–water partition coefficient (Wildman–Crippen LogP) is 12.1. The molecule has 254 valence electrons. The van der Waals surface area contributed by atoms with Crippen molar-refractivity contribution in [1.82, 2.24) is 20.3 Å². The monoisotopic (exact) mass is 690 g/mol. The number of rotatable bonds is 6. The minimum Gasteiger partial charge on any atom is -0.380 e. The summed E-state index contributed by atoms with van der Waals surface area (Å²) in [6.07, 6.45) is 4.10. The van der Waals surface area contributed by atoms with Gasteiger partial charge in [0.25, 0.3) is 0 Å². The highest BCUT2D eigenvalue weighted by molar-refractivity contribution is 6.13. The van der Waals surface area contributed by atoms with Crippen molar-refractivity contribution < 1.29 is 0 Å². The van der Waals surface area contributed by atoms with Gasteiger partial charge in [-0.25, -0.2) is 9.97 Å². The predicted molar refractivity (Wildman–Crippen MR) is 223 cm³/mol. The van der Waals surface area contributed by atoms with Crippen LogP contribution in [0, 0.1) is 0 Å². The van der Waals surface area contributed by atoms with Crippen molar-refractivity contribution in [1.29, 1.82) is 0 Å². The molecule has 0 aliphatic carbocycles. The number of benzene rings is 6. The van der Waals surface area contributed by atoms with Crippen LogP contribution in [0.2, 0.25) is 0 Å². The van der Waals surface area contributed by atoms with Gasteiger partial charge >= 0.3 is 0 Å². The molecular weight excluding hydrogens is 657 g/mol. The smallest absolute Gasteiger partial charge is 0.0979 e. The molecule has 0 saturated carbocycles. The van der Waals surface area contributed by atoms with E-state index in [1.807, 2.05) is 30.5 Å². The molecular formula is C50H34N4. The summed E-state index contributed by atoms with van der Waals surface area (Å²) in [6.45, 7) is 0.759. The van der Waals surface area contributed by atoms with Crippen molar-refractivity contribution in [3.8, 4) is 56.0 Å². The fraction of sp³-hybridized carbons (Fsp3) is 0.0200. The maximum atomic E-state index is 5.47. The zero-order valence-corrected chi connectivity index (χ0v) is 29.4. The SMILES string of the molecule is C1=C(c2cc(-c3ccc(-c4ccccc4)cc3)nc3c2ccc2c(-c4ccc(-c5ccccn5)cc4)cc(-c4ccccc4)nc23)NCc2ccccc21. The van der Waals surface area contributed by atoms with Crippen LogP contribution in [0.5, 0.6) is 0 Å². The van der Waals surface area contributed by atoms with Crippen molar-refractivity contribution in [2.24, 2.45) is 0 Å². The van der Waals surface area contributed by atoms with Crippen LogP contribution in [0.4, 0.5) is 0 Å². The summed E-state index contributed by atoms with van der Waals surface area (Å²) < 4.78 is 0. The minimum absolute atomic E-state index is 0.759. The molecule has 54 heavy (non-hydrogen) atoms. The minimum atomic E-state index is 0.759. The van der Waals surface area contributed by atoms with E-state index in [1.165, 1.54) is 22.3 Å². The molecule has 0 unspecified atom stereocenters. The molecule has 10 rings (SSSR count). The normalized spacial score (nSPS) is 12.3. The summed E-state index contributed by atoms with van der Waals surface area (Å²) in [6, 6.07) is 61.8. The van der Waals surface area contributed by atoms with E-state index >= 15 is 0 Å². The average molecular weight is 691 g/mol. The van der Waals surface area contributed by atoms with Gasteiger partial charge in [-0.3, -0.25) is 4.98 Å². The number of nitrogens with zero attached hydrogens (tertiary/aromatic N) is 3. The number of aromatic nitrogens is 3. The highest BCUT2D eigenvalue weighted by Crippen LogP contribution is 2.39. The molecule has 0 amide bonds. The maximum absolute atomic E-state index is 5.47. The Morgan fingerprint density at radius 2 is 0.926 bits per heavy atom. The van der Waals surface area contributed by atoms with Crippen LogP contribution in [0.1, 0.15) is 16.7 Å². The van der Waals surface area contributed by atoms with E-state index in [9.17, 15) is 0 Å². The lowest BCUT2D eigenvalue weighted by Crippen LogP contribution is -2.17. The van der Waals surface area contributed by atoms with Gasteiger partial charge in [-0.05, 0) is 63.7 Å². The molecule has 3 aromatic heterocycles. The van der Waals surface area contributed by atoms with E-state index in [4.69, 9.17) is 9.97 Å². The molecule has 9 aromatic rings. The molecule has 4 nitrogen and oxygen atoms in total. The molecule has 1 aliphatic heterocycles. The summed E-state index contributed by atoms with van der Waals surface area (Å²) in [7, 11) is 0. The Labute approximate surface area is 314 Å². The van der Waals surface area contributed by atoms with Gasteiger partial charge < -0.3 is 5.32 Å². The average Bonchev–Trinajstić information content (AvgIpc) is 3.26. The fourth-order valence-electron chi connectivity index (χ4n) is 7.57. The second-order valence-corrected chi connectivity index (χ2v) is 13.7. The van der Waals surface area contributed by atoms with Crippen LogP contribution in [-0.2, 0) is 6.54 Å². The summed E-state index contributed by atoms with van der Waals surface area (Å²) >= 11 is 0. The van der Waals surface area contributed by atoms with E-state index in [1.54, 1.807) is 0 Å². The Morgan fingerprint density at radius 3 is 1.61 bits per heavy atom. The molecule has 4 heterocycles. The second kappa shape index (κ2) is 13.4. The third-order valence-electron chi connectivity index (χ3n) is 10.4. The van der Waals surface area contributed by atoms with Gasteiger partial charge in [-0.15, -0.1) is 0 Å². The van der Waals surface area contributed by atoms with Crippen LogP contribution in [-0.4, -0.2) is 15.0 Å². The van der Waals surface area contributed by atoms with Gasteiger partial charge in [0.15, 0.2) is 0 Å². The highest BCUT2D eigenvalue weighted by Gasteiger charge is 2.20. The lowest BCUT2D eigenvalue weighted by molar-refractivity contribution is 0.880. The number of nitrogens with one attached hydrogen (secondary N) is 1. The van der Waals surface area contributed by atoms with E-state index < -0.39 is 0 Å². The van der Waals surface area contributed by atoms with E-state index in [-0.39, 0.29) is 0 Å². The Kier molecular flexibility index (Phi) is 7.85. The molecule has 0 fully saturated rings. The third kappa shape index (κ3) is 5.80. The lowest BCUT2D eigenvalue weighted by atomic mass is 9.93. The van der Waals surface area contributed by atoms with Gasteiger partial charge in [0.2, 0.25) is 0 Å². The quantitative estimate of drug-likeness (QED) is 0.176. The summed E-state index contributed by atoms with van der Waals surface area (Å²) in [5.41, 5.74) is 17.0. The van der Waals surface area contributed by atoms with Gasteiger partial charge in [-0.2, -0.15) is 0 Å². The highest BCUT2D eigenvalue weighted by atomic mass is 14.9. The molecule has 0 radical (unpaired) electrons. The molecule has 0 saturated heterocycles. The first-order chi connectivity index (χ1) is 26.7. The van der Waals surface area contributed by atoms with Gasteiger partial charge in [-0.1, -0.05) is 152 Å². The molecule has 4 heteroatoms.